The molecule has 8 heteroatoms. The predicted octanol–water partition coefficient (Wildman–Crippen LogP) is -0.863. The van der Waals surface area contributed by atoms with Gasteiger partial charge in [-0.2, -0.15) is 5.21 Å². The van der Waals surface area contributed by atoms with E-state index in [1.54, 1.807) is 6.92 Å². The van der Waals surface area contributed by atoms with Crippen molar-refractivity contribution in [2.45, 2.75) is 13.3 Å². The number of hydrogen-bond donors (Lipinski definition) is 2. The molecule has 2 heterocycles. The Labute approximate surface area is 90.6 Å². The molecule has 0 spiro atoms. The van der Waals surface area contributed by atoms with Gasteiger partial charge in [0.05, 0.1) is 5.41 Å². The third-order valence-electron chi connectivity index (χ3n) is 2.81. The summed E-state index contributed by atoms with van der Waals surface area (Å²) in [5, 5.41) is 21.6. The van der Waals surface area contributed by atoms with Crippen molar-refractivity contribution in [1.29, 1.82) is 0 Å². The van der Waals surface area contributed by atoms with Crippen LogP contribution >= 0.6 is 0 Å². The third-order valence-corrected chi connectivity index (χ3v) is 2.81. The van der Waals surface area contributed by atoms with Crippen molar-refractivity contribution in [1.82, 2.24) is 25.5 Å². The summed E-state index contributed by atoms with van der Waals surface area (Å²) >= 11 is 0. The van der Waals surface area contributed by atoms with Crippen molar-refractivity contribution in [3.05, 3.63) is 5.82 Å². The molecule has 2 rings (SSSR count). The number of amides is 1. The molecular formula is C8H11N5O3. The summed E-state index contributed by atoms with van der Waals surface area (Å²) in [5.74, 6) is -1.32. The lowest BCUT2D eigenvalue weighted by Gasteiger charge is -2.18. The number of carboxylic acid groups (broad SMARTS) is 1. The van der Waals surface area contributed by atoms with Crippen LogP contribution in [0.4, 0.5) is 0 Å². The number of aromatic amines is 1. The van der Waals surface area contributed by atoms with Gasteiger partial charge in [-0.3, -0.25) is 9.59 Å². The van der Waals surface area contributed by atoms with Gasteiger partial charge >= 0.3 is 5.97 Å². The molecule has 86 valence electrons. The molecule has 0 aliphatic carbocycles. The van der Waals surface area contributed by atoms with Gasteiger partial charge in [0.2, 0.25) is 0 Å². The van der Waals surface area contributed by atoms with Gasteiger partial charge < -0.3 is 10.0 Å². The number of carbonyl (C=O) groups is 2. The summed E-state index contributed by atoms with van der Waals surface area (Å²) in [4.78, 5) is 24.2. The maximum atomic E-state index is 11.8. The molecule has 0 bridgehead atoms. The summed E-state index contributed by atoms with van der Waals surface area (Å²) in [6.45, 7) is 2.20. The highest BCUT2D eigenvalue weighted by molar-refractivity contribution is 5.91. The highest BCUT2D eigenvalue weighted by atomic mass is 16.4. The minimum absolute atomic E-state index is 0.0327. The largest absolute Gasteiger partial charge is 0.481 e. The van der Waals surface area contributed by atoms with E-state index >= 15 is 0 Å². The molecule has 1 saturated heterocycles. The van der Waals surface area contributed by atoms with E-state index in [1.165, 1.54) is 4.90 Å². The molecule has 1 aliphatic heterocycles. The second kappa shape index (κ2) is 3.54. The number of H-pyrrole nitrogens is 1. The Morgan fingerprint density at radius 2 is 2.31 bits per heavy atom. The van der Waals surface area contributed by atoms with Gasteiger partial charge in [0.1, 0.15) is 0 Å². The Morgan fingerprint density at radius 1 is 1.56 bits per heavy atom. The lowest BCUT2D eigenvalue weighted by atomic mass is 9.90. The number of nitrogens with one attached hydrogen (secondary N) is 1. The number of nitrogens with zero attached hydrogens (tertiary/aromatic N) is 4. The van der Waals surface area contributed by atoms with Crippen LogP contribution in [0.25, 0.3) is 0 Å². The molecule has 2 N–H and O–H groups in total. The smallest absolute Gasteiger partial charge is 0.311 e. The molecule has 1 aromatic rings. The first-order chi connectivity index (χ1) is 7.53. The average Bonchev–Trinajstić information content (AvgIpc) is 2.85. The number of rotatable bonds is 2. The molecule has 1 fully saturated rings. The lowest BCUT2D eigenvalue weighted by molar-refractivity contribution is -0.147. The average molecular weight is 225 g/mol. The van der Waals surface area contributed by atoms with E-state index < -0.39 is 17.3 Å². The fourth-order valence-corrected chi connectivity index (χ4v) is 1.70. The second-order valence-electron chi connectivity index (χ2n) is 4.08. The van der Waals surface area contributed by atoms with E-state index in [9.17, 15) is 9.59 Å². The fourth-order valence-electron chi connectivity index (χ4n) is 1.70. The molecule has 1 amide bonds. The van der Waals surface area contributed by atoms with Gasteiger partial charge in [-0.05, 0) is 18.6 Å². The van der Waals surface area contributed by atoms with Crippen LogP contribution in [-0.4, -0.2) is 55.6 Å². The molecule has 16 heavy (non-hydrogen) atoms. The van der Waals surface area contributed by atoms with Crippen molar-refractivity contribution in [2.24, 2.45) is 5.41 Å². The fraction of sp³-hybridized carbons (Fsp3) is 0.625. The SMILES string of the molecule is CC1(C(=O)O)CCN(C(=O)c2nn[nH]n2)C1. The van der Waals surface area contributed by atoms with E-state index in [1.807, 2.05) is 0 Å². The Kier molecular flexibility index (Phi) is 2.33. The number of carbonyl (C=O) groups excluding carboxylic acids is 1. The van der Waals surface area contributed by atoms with Crippen LogP contribution in [0.5, 0.6) is 0 Å². The van der Waals surface area contributed by atoms with Crippen LogP contribution in [-0.2, 0) is 4.79 Å². The van der Waals surface area contributed by atoms with Crippen molar-refractivity contribution in [3.8, 4) is 0 Å². The normalized spacial score (nSPS) is 24.7. The van der Waals surface area contributed by atoms with Crippen molar-refractivity contribution < 1.29 is 14.7 Å². The Balaban J connectivity index is 2.10. The zero-order valence-electron chi connectivity index (χ0n) is 8.67. The van der Waals surface area contributed by atoms with Crippen LogP contribution in [0, 0.1) is 5.41 Å². The predicted molar refractivity (Wildman–Crippen MR) is 50.4 cm³/mol. The molecule has 0 radical (unpaired) electrons. The number of tetrazole rings is 1. The topological polar surface area (TPSA) is 112 Å². The molecule has 1 aliphatic rings. The number of aromatic nitrogens is 4. The first kappa shape index (κ1) is 10.5. The minimum atomic E-state index is -0.893. The first-order valence-corrected chi connectivity index (χ1v) is 4.79. The maximum absolute atomic E-state index is 11.8. The van der Waals surface area contributed by atoms with Crippen molar-refractivity contribution in [3.63, 3.8) is 0 Å². The van der Waals surface area contributed by atoms with E-state index in [0.29, 0.717) is 13.0 Å². The number of carboxylic acids is 1. The van der Waals surface area contributed by atoms with E-state index in [0.717, 1.165) is 0 Å². The zero-order valence-corrected chi connectivity index (χ0v) is 8.67. The molecule has 0 saturated carbocycles. The quantitative estimate of drug-likeness (QED) is 0.677. The van der Waals surface area contributed by atoms with Crippen LogP contribution in [0.2, 0.25) is 0 Å². The van der Waals surface area contributed by atoms with Crippen LogP contribution in [0.1, 0.15) is 24.0 Å². The van der Waals surface area contributed by atoms with E-state index in [2.05, 4.69) is 20.6 Å². The lowest BCUT2D eigenvalue weighted by Crippen LogP contribution is -2.35. The molecule has 1 aromatic heterocycles. The molecule has 8 nitrogen and oxygen atoms in total. The molecular weight excluding hydrogens is 214 g/mol. The van der Waals surface area contributed by atoms with Gasteiger partial charge in [0.15, 0.2) is 0 Å². The van der Waals surface area contributed by atoms with E-state index in [4.69, 9.17) is 5.11 Å². The van der Waals surface area contributed by atoms with Crippen LogP contribution in [0.3, 0.4) is 0 Å². The summed E-state index contributed by atoms with van der Waals surface area (Å²) < 4.78 is 0. The molecule has 1 atom stereocenters. The first-order valence-electron chi connectivity index (χ1n) is 4.79. The van der Waals surface area contributed by atoms with Gasteiger partial charge in [-0.15, -0.1) is 10.2 Å². The van der Waals surface area contributed by atoms with Crippen LogP contribution in [0.15, 0.2) is 0 Å². The Bertz CT molecular complexity index is 417. The molecule has 0 aromatic carbocycles. The number of likely N-dealkylation sites (tertiary alicyclic amines) is 1. The minimum Gasteiger partial charge on any atom is -0.481 e. The summed E-state index contributed by atoms with van der Waals surface area (Å²) in [6.07, 6.45) is 0.436. The van der Waals surface area contributed by atoms with Gasteiger partial charge in [-0.25, -0.2) is 0 Å². The maximum Gasteiger partial charge on any atom is 0.311 e. The Morgan fingerprint density at radius 3 is 2.81 bits per heavy atom. The molecule has 1 unspecified atom stereocenters. The van der Waals surface area contributed by atoms with Gasteiger partial charge in [0.25, 0.3) is 11.7 Å². The van der Waals surface area contributed by atoms with E-state index in [-0.39, 0.29) is 12.4 Å². The summed E-state index contributed by atoms with van der Waals surface area (Å²) in [6, 6.07) is 0. The zero-order chi connectivity index (χ0) is 11.8. The second-order valence-corrected chi connectivity index (χ2v) is 4.08. The van der Waals surface area contributed by atoms with Gasteiger partial charge in [0, 0.05) is 13.1 Å². The van der Waals surface area contributed by atoms with Crippen molar-refractivity contribution in [2.75, 3.05) is 13.1 Å². The third kappa shape index (κ3) is 1.62. The number of aliphatic carboxylic acids is 1. The standard InChI is InChI=1S/C8H11N5O3/c1-8(7(15)16)2-3-13(4-8)6(14)5-9-11-12-10-5/h2-4H2,1H3,(H,15,16)(H,9,10,11,12). The summed E-state index contributed by atoms with van der Waals surface area (Å²) in [7, 11) is 0. The highest BCUT2D eigenvalue weighted by Gasteiger charge is 2.42. The van der Waals surface area contributed by atoms with Crippen molar-refractivity contribution >= 4 is 11.9 Å². The highest BCUT2D eigenvalue weighted by Crippen LogP contribution is 2.30. The monoisotopic (exact) mass is 225 g/mol. The van der Waals surface area contributed by atoms with Gasteiger partial charge in [-0.1, -0.05) is 0 Å². The summed E-state index contributed by atoms with van der Waals surface area (Å²) in [5.41, 5.74) is -0.876. The Hall–Kier alpha value is -1.99. The van der Waals surface area contributed by atoms with Crippen LogP contribution < -0.4 is 0 Å². The number of hydrogen-bond acceptors (Lipinski definition) is 5.